The highest BCUT2D eigenvalue weighted by Crippen LogP contribution is 2.22. The van der Waals surface area contributed by atoms with Gasteiger partial charge in [-0.1, -0.05) is 13.3 Å². The van der Waals surface area contributed by atoms with Crippen molar-refractivity contribution in [2.45, 2.75) is 32.6 Å². The lowest BCUT2D eigenvalue weighted by molar-refractivity contribution is 0.180. The van der Waals surface area contributed by atoms with E-state index in [9.17, 15) is 0 Å². The van der Waals surface area contributed by atoms with Gasteiger partial charge in [-0.25, -0.2) is 4.98 Å². The van der Waals surface area contributed by atoms with E-state index in [0.29, 0.717) is 18.4 Å². The van der Waals surface area contributed by atoms with Crippen LogP contribution in [0.2, 0.25) is 0 Å². The average molecular weight is 343 g/mol. The maximum absolute atomic E-state index is 5.78. The van der Waals surface area contributed by atoms with Crippen LogP contribution in [0.5, 0.6) is 5.88 Å². The molecule has 1 fully saturated rings. The summed E-state index contributed by atoms with van der Waals surface area (Å²) in [5.74, 6) is 1.25. The molecule has 1 aromatic heterocycles. The van der Waals surface area contributed by atoms with Crippen molar-refractivity contribution in [1.29, 1.82) is 0 Å². The molecular formula is C14H23BrN4O. The summed E-state index contributed by atoms with van der Waals surface area (Å²) in [5, 5.41) is 3.17. The summed E-state index contributed by atoms with van der Waals surface area (Å²) < 4.78 is 6.58. The van der Waals surface area contributed by atoms with Crippen molar-refractivity contribution in [3.8, 4) is 5.88 Å². The molecule has 1 aliphatic rings. The molecule has 0 aliphatic carbocycles. The molecule has 112 valence electrons. The van der Waals surface area contributed by atoms with Gasteiger partial charge in [-0.15, -0.1) is 0 Å². The summed E-state index contributed by atoms with van der Waals surface area (Å²) in [6.07, 6.45) is 6.76. The van der Waals surface area contributed by atoms with Gasteiger partial charge >= 0.3 is 0 Å². The van der Waals surface area contributed by atoms with E-state index in [0.717, 1.165) is 24.0 Å². The number of ether oxygens (including phenoxy) is 1. The van der Waals surface area contributed by atoms with E-state index in [1.807, 2.05) is 0 Å². The van der Waals surface area contributed by atoms with Crippen LogP contribution >= 0.6 is 15.9 Å². The second-order valence-electron chi connectivity index (χ2n) is 5.02. The second-order valence-corrected chi connectivity index (χ2v) is 5.88. The molecule has 0 saturated carbocycles. The van der Waals surface area contributed by atoms with Crippen molar-refractivity contribution < 1.29 is 4.74 Å². The molecular weight excluding hydrogens is 320 g/mol. The van der Waals surface area contributed by atoms with E-state index in [4.69, 9.17) is 4.74 Å². The summed E-state index contributed by atoms with van der Waals surface area (Å²) >= 11 is 3.43. The molecule has 0 atom stereocenters. The summed E-state index contributed by atoms with van der Waals surface area (Å²) in [6, 6.07) is 0. The Bertz CT molecular complexity index is 410. The molecule has 0 aromatic carbocycles. The van der Waals surface area contributed by atoms with Crippen molar-refractivity contribution in [3.63, 3.8) is 0 Å². The highest BCUT2D eigenvalue weighted by Gasteiger charge is 2.11. The van der Waals surface area contributed by atoms with Crippen molar-refractivity contribution >= 4 is 21.9 Å². The fourth-order valence-electron chi connectivity index (χ4n) is 2.23. The molecule has 1 N–H and O–H groups in total. The number of likely N-dealkylation sites (tertiary alicyclic amines) is 1. The quantitative estimate of drug-likeness (QED) is 0.825. The van der Waals surface area contributed by atoms with Gasteiger partial charge in [0, 0.05) is 13.1 Å². The first kappa shape index (κ1) is 15.5. The number of nitrogens with zero attached hydrogens (tertiary/aromatic N) is 3. The van der Waals surface area contributed by atoms with E-state index in [1.165, 1.54) is 32.4 Å². The van der Waals surface area contributed by atoms with Gasteiger partial charge in [-0.2, -0.15) is 4.98 Å². The molecule has 1 aromatic rings. The van der Waals surface area contributed by atoms with E-state index in [2.05, 4.69) is 43.0 Å². The van der Waals surface area contributed by atoms with Gasteiger partial charge in [-0.3, -0.25) is 4.90 Å². The van der Waals surface area contributed by atoms with Crippen LogP contribution in [0.15, 0.2) is 10.7 Å². The molecule has 2 rings (SSSR count). The topological polar surface area (TPSA) is 50.3 Å². The number of piperidine rings is 1. The van der Waals surface area contributed by atoms with Crippen LogP contribution in [-0.2, 0) is 0 Å². The smallest absolute Gasteiger partial charge is 0.232 e. The first-order valence-corrected chi connectivity index (χ1v) is 8.20. The van der Waals surface area contributed by atoms with Crippen LogP contribution in [0.25, 0.3) is 0 Å². The average Bonchev–Trinajstić information content (AvgIpc) is 2.49. The summed E-state index contributed by atoms with van der Waals surface area (Å²) in [5.41, 5.74) is 0. The minimum atomic E-state index is 0.621. The first-order chi connectivity index (χ1) is 9.79. The van der Waals surface area contributed by atoms with E-state index < -0.39 is 0 Å². The summed E-state index contributed by atoms with van der Waals surface area (Å²) in [7, 11) is 0. The van der Waals surface area contributed by atoms with E-state index in [-0.39, 0.29) is 0 Å². The third-order valence-corrected chi connectivity index (χ3v) is 3.88. The molecule has 0 unspecified atom stereocenters. The van der Waals surface area contributed by atoms with Crippen molar-refractivity contribution in [3.05, 3.63) is 10.7 Å². The van der Waals surface area contributed by atoms with E-state index >= 15 is 0 Å². The zero-order valence-electron chi connectivity index (χ0n) is 12.1. The number of hydrogen-bond acceptors (Lipinski definition) is 5. The molecule has 6 heteroatoms. The van der Waals surface area contributed by atoms with Crippen LogP contribution < -0.4 is 10.1 Å². The fraction of sp³-hybridized carbons (Fsp3) is 0.714. The Balaban J connectivity index is 1.81. The first-order valence-electron chi connectivity index (χ1n) is 7.41. The van der Waals surface area contributed by atoms with Crippen LogP contribution in [0.1, 0.15) is 32.6 Å². The lowest BCUT2D eigenvalue weighted by Crippen LogP contribution is -2.33. The second kappa shape index (κ2) is 8.42. The monoisotopic (exact) mass is 342 g/mol. The molecule has 0 amide bonds. The largest absolute Gasteiger partial charge is 0.475 e. The van der Waals surface area contributed by atoms with Gasteiger partial charge in [0.15, 0.2) is 0 Å². The molecule has 1 aliphatic heterocycles. The van der Waals surface area contributed by atoms with Gasteiger partial charge in [-0.05, 0) is 48.3 Å². The Labute approximate surface area is 129 Å². The highest BCUT2D eigenvalue weighted by molar-refractivity contribution is 9.10. The van der Waals surface area contributed by atoms with Gasteiger partial charge in [0.1, 0.15) is 6.61 Å². The molecule has 0 radical (unpaired) electrons. The molecule has 0 bridgehead atoms. The maximum Gasteiger partial charge on any atom is 0.232 e. The number of rotatable bonds is 7. The van der Waals surface area contributed by atoms with Crippen LogP contribution in [0, 0.1) is 0 Å². The van der Waals surface area contributed by atoms with Crippen molar-refractivity contribution in [1.82, 2.24) is 14.9 Å². The van der Waals surface area contributed by atoms with Crippen LogP contribution in [0.4, 0.5) is 5.95 Å². The molecule has 0 spiro atoms. The van der Waals surface area contributed by atoms with Crippen LogP contribution in [-0.4, -0.2) is 47.7 Å². The summed E-state index contributed by atoms with van der Waals surface area (Å²) in [4.78, 5) is 11.1. The number of anilines is 1. The number of nitrogens with one attached hydrogen (secondary N) is 1. The van der Waals surface area contributed by atoms with Crippen molar-refractivity contribution in [2.24, 2.45) is 0 Å². The molecule has 2 heterocycles. The Kier molecular flexibility index (Phi) is 6.53. The predicted octanol–water partition coefficient (Wildman–Crippen LogP) is 2.93. The minimum absolute atomic E-state index is 0.621. The normalized spacial score (nSPS) is 16.1. The third-order valence-electron chi connectivity index (χ3n) is 3.34. The third kappa shape index (κ3) is 4.90. The number of aromatic nitrogens is 2. The van der Waals surface area contributed by atoms with Gasteiger partial charge in [0.05, 0.1) is 10.7 Å². The Morgan fingerprint density at radius 3 is 2.90 bits per heavy atom. The van der Waals surface area contributed by atoms with Crippen molar-refractivity contribution in [2.75, 3.05) is 38.1 Å². The zero-order chi connectivity index (χ0) is 14.2. The molecule has 20 heavy (non-hydrogen) atoms. The Morgan fingerprint density at radius 1 is 1.35 bits per heavy atom. The predicted molar refractivity (Wildman–Crippen MR) is 84.3 cm³/mol. The fourth-order valence-corrected chi connectivity index (χ4v) is 2.53. The number of hydrogen-bond donors (Lipinski definition) is 1. The maximum atomic E-state index is 5.78. The SMILES string of the molecule is CCCNc1ncc(Br)c(OCCN2CCCCC2)n1. The van der Waals surface area contributed by atoms with Gasteiger partial charge < -0.3 is 10.1 Å². The lowest BCUT2D eigenvalue weighted by Gasteiger charge is -2.26. The van der Waals surface area contributed by atoms with Gasteiger partial charge in [0.25, 0.3) is 0 Å². The van der Waals surface area contributed by atoms with Gasteiger partial charge in [0.2, 0.25) is 11.8 Å². The lowest BCUT2D eigenvalue weighted by atomic mass is 10.1. The Morgan fingerprint density at radius 2 is 2.15 bits per heavy atom. The summed E-state index contributed by atoms with van der Waals surface area (Å²) in [6.45, 7) is 7.00. The molecule has 1 saturated heterocycles. The number of halogens is 1. The minimum Gasteiger partial charge on any atom is -0.475 e. The van der Waals surface area contributed by atoms with E-state index in [1.54, 1.807) is 6.20 Å². The van der Waals surface area contributed by atoms with Crippen LogP contribution in [0.3, 0.4) is 0 Å². The standard InChI is InChI=1S/C14H23BrN4O/c1-2-6-16-14-17-11-12(15)13(18-14)20-10-9-19-7-4-3-5-8-19/h11H,2-10H2,1H3,(H,16,17,18). The highest BCUT2D eigenvalue weighted by atomic mass is 79.9. The molecule has 5 nitrogen and oxygen atoms in total. The zero-order valence-corrected chi connectivity index (χ0v) is 13.7. The Hall–Kier alpha value is -0.880.